The molecular weight excluding hydrogens is 532 g/mol. The molecule has 0 aromatic heterocycles. The summed E-state index contributed by atoms with van der Waals surface area (Å²) in [6.45, 7) is 4.17. The number of hydrogen-bond donors (Lipinski definition) is 0. The highest BCUT2D eigenvalue weighted by Crippen LogP contribution is 2.30. The van der Waals surface area contributed by atoms with Crippen molar-refractivity contribution in [1.82, 2.24) is 4.90 Å². The van der Waals surface area contributed by atoms with Crippen LogP contribution in [0.1, 0.15) is 22.8 Å². The Morgan fingerprint density at radius 1 is 0.897 bits per heavy atom. The SMILES string of the molecule is CC(=O)c1ccc(N2CCN(C(=O)CSC3=NC(=Cc4ccc(Cl)cc4)C(=O)N3c3ccccc3)CC2)cc1. The van der Waals surface area contributed by atoms with Crippen molar-refractivity contribution in [2.24, 2.45) is 4.99 Å². The molecule has 1 fully saturated rings. The van der Waals surface area contributed by atoms with Crippen molar-refractivity contribution in [3.05, 3.63) is 101 Å². The highest BCUT2D eigenvalue weighted by molar-refractivity contribution is 8.14. The van der Waals surface area contributed by atoms with Crippen molar-refractivity contribution in [3.63, 3.8) is 0 Å². The summed E-state index contributed by atoms with van der Waals surface area (Å²) in [6, 6.07) is 24.1. The van der Waals surface area contributed by atoms with E-state index in [0.29, 0.717) is 53.3 Å². The van der Waals surface area contributed by atoms with E-state index in [1.807, 2.05) is 71.6 Å². The van der Waals surface area contributed by atoms with E-state index >= 15 is 0 Å². The molecule has 0 atom stereocenters. The number of amides is 2. The maximum absolute atomic E-state index is 13.3. The number of nitrogens with zero attached hydrogens (tertiary/aromatic N) is 4. The minimum atomic E-state index is -0.240. The normalized spacial score (nSPS) is 16.6. The van der Waals surface area contributed by atoms with Gasteiger partial charge in [-0.2, -0.15) is 0 Å². The molecule has 0 unspecified atom stereocenters. The first-order valence-corrected chi connectivity index (χ1v) is 14.0. The van der Waals surface area contributed by atoms with Crippen molar-refractivity contribution in [2.45, 2.75) is 6.92 Å². The molecule has 0 bridgehead atoms. The summed E-state index contributed by atoms with van der Waals surface area (Å²) >= 11 is 7.26. The van der Waals surface area contributed by atoms with Gasteiger partial charge in [0.15, 0.2) is 11.0 Å². The zero-order chi connectivity index (χ0) is 27.4. The van der Waals surface area contributed by atoms with E-state index in [9.17, 15) is 14.4 Å². The largest absolute Gasteiger partial charge is 0.368 e. The Labute approximate surface area is 236 Å². The smallest absolute Gasteiger partial charge is 0.283 e. The summed E-state index contributed by atoms with van der Waals surface area (Å²) in [5.41, 5.74) is 3.55. The van der Waals surface area contributed by atoms with Crippen LogP contribution in [0.15, 0.2) is 89.6 Å². The number of Topliss-reactive ketones (excluding diaryl/α,β-unsaturated/α-hetero) is 1. The van der Waals surface area contributed by atoms with Gasteiger partial charge in [0.1, 0.15) is 5.70 Å². The van der Waals surface area contributed by atoms with Gasteiger partial charge in [-0.15, -0.1) is 0 Å². The van der Waals surface area contributed by atoms with Crippen molar-refractivity contribution < 1.29 is 14.4 Å². The lowest BCUT2D eigenvalue weighted by Gasteiger charge is -2.36. The van der Waals surface area contributed by atoms with Crippen molar-refractivity contribution in [3.8, 4) is 0 Å². The van der Waals surface area contributed by atoms with Crippen LogP contribution in [-0.4, -0.2) is 59.6 Å². The number of carbonyl (C=O) groups is 3. The number of anilines is 2. The molecule has 2 amide bonds. The van der Waals surface area contributed by atoms with Crippen molar-refractivity contribution >= 4 is 63.6 Å². The minimum Gasteiger partial charge on any atom is -0.368 e. The van der Waals surface area contributed by atoms with Crippen LogP contribution in [0.4, 0.5) is 11.4 Å². The fourth-order valence-corrected chi connectivity index (χ4v) is 5.49. The molecule has 5 rings (SSSR count). The molecule has 2 heterocycles. The maximum atomic E-state index is 13.3. The molecule has 1 saturated heterocycles. The van der Waals surface area contributed by atoms with Crippen LogP contribution in [0.3, 0.4) is 0 Å². The number of ketones is 1. The quantitative estimate of drug-likeness (QED) is 0.300. The molecule has 0 radical (unpaired) electrons. The Balaban J connectivity index is 1.25. The first-order chi connectivity index (χ1) is 18.9. The summed E-state index contributed by atoms with van der Waals surface area (Å²) in [5, 5.41) is 1.09. The molecule has 198 valence electrons. The van der Waals surface area contributed by atoms with Gasteiger partial charge in [-0.05, 0) is 67.1 Å². The third kappa shape index (κ3) is 6.24. The van der Waals surface area contributed by atoms with E-state index in [1.165, 1.54) is 11.8 Å². The Hall–Kier alpha value is -3.88. The second-order valence-corrected chi connectivity index (χ2v) is 10.6. The monoisotopic (exact) mass is 558 g/mol. The molecule has 9 heteroatoms. The van der Waals surface area contributed by atoms with E-state index < -0.39 is 0 Å². The summed E-state index contributed by atoms with van der Waals surface area (Å²) in [4.78, 5) is 48.2. The van der Waals surface area contributed by atoms with Gasteiger partial charge < -0.3 is 9.80 Å². The number of carbonyl (C=O) groups excluding carboxylic acids is 3. The Bertz CT molecular complexity index is 1430. The fraction of sp³-hybridized carbons (Fsp3) is 0.200. The highest BCUT2D eigenvalue weighted by Gasteiger charge is 2.33. The zero-order valence-electron chi connectivity index (χ0n) is 21.4. The van der Waals surface area contributed by atoms with Crippen LogP contribution in [0.25, 0.3) is 6.08 Å². The molecule has 0 aliphatic carbocycles. The topological polar surface area (TPSA) is 73.3 Å². The fourth-order valence-electron chi connectivity index (χ4n) is 4.45. The number of amidine groups is 1. The lowest BCUT2D eigenvalue weighted by atomic mass is 10.1. The molecule has 2 aliphatic rings. The number of piperazine rings is 1. The molecule has 3 aromatic carbocycles. The van der Waals surface area contributed by atoms with Crippen LogP contribution in [0.5, 0.6) is 0 Å². The summed E-state index contributed by atoms with van der Waals surface area (Å²) in [5.74, 6) is -0.0152. The van der Waals surface area contributed by atoms with Gasteiger partial charge in [-0.1, -0.05) is 53.7 Å². The van der Waals surface area contributed by atoms with Gasteiger partial charge in [-0.25, -0.2) is 4.99 Å². The summed E-state index contributed by atoms with van der Waals surface area (Å²) in [7, 11) is 0. The van der Waals surface area contributed by atoms with Gasteiger partial charge in [0, 0.05) is 42.5 Å². The van der Waals surface area contributed by atoms with Gasteiger partial charge in [-0.3, -0.25) is 19.3 Å². The Morgan fingerprint density at radius 3 is 2.21 bits per heavy atom. The van der Waals surface area contributed by atoms with Crippen LogP contribution < -0.4 is 9.80 Å². The number of rotatable bonds is 6. The molecule has 0 N–H and O–H groups in total. The summed E-state index contributed by atoms with van der Waals surface area (Å²) < 4.78 is 0. The number of para-hydroxylation sites is 1. The van der Waals surface area contributed by atoms with Crippen LogP contribution >= 0.6 is 23.4 Å². The minimum absolute atomic E-state index is 0.00451. The molecule has 0 spiro atoms. The molecule has 0 saturated carbocycles. The predicted octanol–water partition coefficient (Wildman–Crippen LogP) is 5.37. The van der Waals surface area contributed by atoms with E-state index in [-0.39, 0.29) is 23.4 Å². The number of hydrogen-bond acceptors (Lipinski definition) is 6. The number of thioether (sulfide) groups is 1. The molecule has 39 heavy (non-hydrogen) atoms. The number of halogens is 1. The average molecular weight is 559 g/mol. The van der Waals surface area contributed by atoms with E-state index in [4.69, 9.17) is 11.6 Å². The van der Waals surface area contributed by atoms with Crippen molar-refractivity contribution in [1.29, 1.82) is 0 Å². The third-order valence-electron chi connectivity index (χ3n) is 6.61. The van der Waals surface area contributed by atoms with Crippen LogP contribution in [0, 0.1) is 0 Å². The second-order valence-electron chi connectivity index (χ2n) is 9.21. The van der Waals surface area contributed by atoms with E-state index in [1.54, 1.807) is 30.0 Å². The lowest BCUT2D eigenvalue weighted by molar-refractivity contribution is -0.128. The average Bonchev–Trinajstić information content (AvgIpc) is 3.27. The molecular formula is C30H27ClN4O3S. The van der Waals surface area contributed by atoms with Crippen LogP contribution in [-0.2, 0) is 9.59 Å². The summed E-state index contributed by atoms with van der Waals surface area (Å²) in [6.07, 6.45) is 1.73. The lowest BCUT2D eigenvalue weighted by Crippen LogP contribution is -2.49. The highest BCUT2D eigenvalue weighted by atomic mass is 35.5. The predicted molar refractivity (Wildman–Crippen MR) is 158 cm³/mol. The Kier molecular flexibility index (Phi) is 8.14. The van der Waals surface area contributed by atoms with E-state index in [2.05, 4.69) is 9.89 Å². The standard InChI is InChI=1S/C30H27ClN4O3S/c1-21(36)23-9-13-25(14-10-23)33-15-17-34(18-16-33)28(37)20-39-30-32-27(19-22-7-11-24(31)12-8-22)29(38)35(30)26-5-3-2-4-6-26/h2-14,19H,15-18,20H2,1H3. The zero-order valence-corrected chi connectivity index (χ0v) is 23.0. The first-order valence-electron chi connectivity index (χ1n) is 12.6. The van der Waals surface area contributed by atoms with Gasteiger partial charge in [0.2, 0.25) is 5.91 Å². The number of aliphatic imine (C=N–C) groups is 1. The first kappa shape index (κ1) is 26.7. The third-order valence-corrected chi connectivity index (χ3v) is 7.79. The van der Waals surface area contributed by atoms with Gasteiger partial charge in [0.05, 0.1) is 11.4 Å². The maximum Gasteiger partial charge on any atom is 0.283 e. The molecule has 7 nitrogen and oxygen atoms in total. The van der Waals surface area contributed by atoms with E-state index in [0.717, 1.165) is 11.3 Å². The molecule has 3 aromatic rings. The van der Waals surface area contributed by atoms with Crippen LogP contribution in [0.2, 0.25) is 5.02 Å². The second kappa shape index (κ2) is 11.9. The van der Waals surface area contributed by atoms with Crippen molar-refractivity contribution in [2.75, 3.05) is 41.7 Å². The number of benzene rings is 3. The Morgan fingerprint density at radius 2 is 1.56 bits per heavy atom. The van der Waals surface area contributed by atoms with Gasteiger partial charge >= 0.3 is 0 Å². The molecule has 2 aliphatic heterocycles. The van der Waals surface area contributed by atoms with Gasteiger partial charge in [0.25, 0.3) is 5.91 Å².